The maximum absolute atomic E-state index is 13.1. The van der Waals surface area contributed by atoms with E-state index in [4.69, 9.17) is 4.52 Å². The zero-order valence-corrected chi connectivity index (χ0v) is 17.4. The molecule has 0 atom stereocenters. The fourth-order valence-electron chi connectivity index (χ4n) is 3.74. The molecular formula is C20H23BrN4O3. The molecule has 28 heavy (non-hydrogen) atoms. The Morgan fingerprint density at radius 1 is 1.18 bits per heavy atom. The summed E-state index contributed by atoms with van der Waals surface area (Å²) in [6.45, 7) is 4.73. The SMILES string of the molecule is Cc1cc(NC(=O)CN2CCN(C(=O)C3(c4ccc(Br)cc4)CC3)CC2)no1. The van der Waals surface area contributed by atoms with E-state index in [0.29, 0.717) is 37.8 Å². The molecule has 1 aromatic carbocycles. The standard InChI is InChI=1S/C20H23BrN4O3/c1-14-12-17(23-28-14)22-18(26)13-24-8-10-25(11-9-24)19(27)20(6-7-20)15-2-4-16(21)5-3-15/h2-5,12H,6-11,13H2,1H3,(H,22,23,26). The van der Waals surface area contributed by atoms with Gasteiger partial charge in [0.25, 0.3) is 0 Å². The molecule has 7 nitrogen and oxygen atoms in total. The van der Waals surface area contributed by atoms with Crippen molar-refractivity contribution in [3.8, 4) is 0 Å². The highest BCUT2D eigenvalue weighted by Gasteiger charge is 2.53. The van der Waals surface area contributed by atoms with Crippen molar-refractivity contribution in [1.82, 2.24) is 15.0 Å². The maximum atomic E-state index is 13.1. The van der Waals surface area contributed by atoms with Crippen LogP contribution in [0.4, 0.5) is 5.82 Å². The highest BCUT2D eigenvalue weighted by Crippen LogP contribution is 2.49. The molecule has 1 N–H and O–H groups in total. The molecule has 1 aromatic heterocycles. The fraction of sp³-hybridized carbons (Fsp3) is 0.450. The first kappa shape index (κ1) is 19.1. The van der Waals surface area contributed by atoms with Gasteiger partial charge in [0.2, 0.25) is 11.8 Å². The van der Waals surface area contributed by atoms with Gasteiger partial charge in [-0.05, 0) is 37.5 Å². The lowest BCUT2D eigenvalue weighted by molar-refractivity contribution is -0.135. The molecule has 0 unspecified atom stereocenters. The van der Waals surface area contributed by atoms with E-state index in [2.05, 4.69) is 31.3 Å². The van der Waals surface area contributed by atoms with Gasteiger partial charge >= 0.3 is 0 Å². The average molecular weight is 447 g/mol. The number of benzene rings is 1. The Hall–Kier alpha value is -2.19. The maximum Gasteiger partial charge on any atom is 0.239 e. The Labute approximate surface area is 172 Å². The molecule has 1 aliphatic carbocycles. The summed E-state index contributed by atoms with van der Waals surface area (Å²) in [4.78, 5) is 29.3. The van der Waals surface area contributed by atoms with Crippen LogP contribution in [-0.2, 0) is 15.0 Å². The Bertz CT molecular complexity index is 868. The van der Waals surface area contributed by atoms with Crippen LogP contribution in [0.15, 0.2) is 39.3 Å². The molecule has 1 saturated heterocycles. The molecule has 1 aliphatic heterocycles. The van der Waals surface area contributed by atoms with E-state index >= 15 is 0 Å². The largest absolute Gasteiger partial charge is 0.360 e. The van der Waals surface area contributed by atoms with Gasteiger partial charge < -0.3 is 14.7 Å². The lowest BCUT2D eigenvalue weighted by atomic mass is 9.94. The number of anilines is 1. The topological polar surface area (TPSA) is 78.7 Å². The number of nitrogens with one attached hydrogen (secondary N) is 1. The van der Waals surface area contributed by atoms with Gasteiger partial charge in [-0.15, -0.1) is 0 Å². The van der Waals surface area contributed by atoms with Crippen LogP contribution in [-0.4, -0.2) is 59.5 Å². The van der Waals surface area contributed by atoms with E-state index in [-0.39, 0.29) is 23.8 Å². The quantitative estimate of drug-likeness (QED) is 0.763. The molecule has 0 radical (unpaired) electrons. The first-order valence-corrected chi connectivity index (χ1v) is 10.3. The van der Waals surface area contributed by atoms with Crippen molar-refractivity contribution in [2.45, 2.75) is 25.2 Å². The van der Waals surface area contributed by atoms with Crippen molar-refractivity contribution in [1.29, 1.82) is 0 Å². The van der Waals surface area contributed by atoms with Crippen LogP contribution in [0.1, 0.15) is 24.2 Å². The van der Waals surface area contributed by atoms with Crippen LogP contribution in [0.5, 0.6) is 0 Å². The van der Waals surface area contributed by atoms with Gasteiger partial charge in [-0.25, -0.2) is 0 Å². The molecule has 2 aliphatic rings. The van der Waals surface area contributed by atoms with Crippen molar-refractivity contribution >= 4 is 33.6 Å². The highest BCUT2D eigenvalue weighted by atomic mass is 79.9. The van der Waals surface area contributed by atoms with Crippen molar-refractivity contribution in [3.05, 3.63) is 46.1 Å². The molecule has 8 heteroatoms. The number of amides is 2. The Morgan fingerprint density at radius 2 is 1.86 bits per heavy atom. The summed E-state index contributed by atoms with van der Waals surface area (Å²) < 4.78 is 5.97. The van der Waals surface area contributed by atoms with Crippen molar-refractivity contribution in [3.63, 3.8) is 0 Å². The van der Waals surface area contributed by atoms with Gasteiger partial charge in [0, 0.05) is 36.7 Å². The van der Waals surface area contributed by atoms with Gasteiger partial charge in [-0.1, -0.05) is 33.2 Å². The monoisotopic (exact) mass is 446 g/mol. The molecule has 148 valence electrons. The van der Waals surface area contributed by atoms with Crippen LogP contribution in [0.2, 0.25) is 0 Å². The summed E-state index contributed by atoms with van der Waals surface area (Å²) in [5, 5.41) is 6.51. The number of aryl methyl sites for hydroxylation is 1. The zero-order chi connectivity index (χ0) is 19.7. The van der Waals surface area contributed by atoms with Crippen molar-refractivity contribution in [2.75, 3.05) is 38.0 Å². The van der Waals surface area contributed by atoms with Gasteiger partial charge in [-0.2, -0.15) is 0 Å². The lowest BCUT2D eigenvalue weighted by Crippen LogP contribution is -2.52. The minimum Gasteiger partial charge on any atom is -0.360 e. The van der Waals surface area contributed by atoms with E-state index < -0.39 is 0 Å². The number of aromatic nitrogens is 1. The first-order valence-electron chi connectivity index (χ1n) is 9.47. The number of carbonyl (C=O) groups excluding carboxylic acids is 2. The summed E-state index contributed by atoms with van der Waals surface area (Å²) in [5.41, 5.74) is 0.760. The van der Waals surface area contributed by atoms with Crippen LogP contribution in [0, 0.1) is 6.92 Å². The summed E-state index contributed by atoms with van der Waals surface area (Å²) in [6, 6.07) is 9.76. The molecular weight excluding hydrogens is 424 g/mol. The number of nitrogens with zero attached hydrogens (tertiary/aromatic N) is 3. The number of halogens is 1. The first-order chi connectivity index (χ1) is 13.5. The minimum atomic E-state index is -0.342. The second kappa shape index (κ2) is 7.67. The van der Waals surface area contributed by atoms with Crippen LogP contribution >= 0.6 is 15.9 Å². The second-order valence-electron chi connectivity index (χ2n) is 7.53. The third kappa shape index (κ3) is 3.98. The van der Waals surface area contributed by atoms with Crippen molar-refractivity contribution < 1.29 is 14.1 Å². The lowest BCUT2D eigenvalue weighted by Gasteiger charge is -2.36. The molecule has 1 saturated carbocycles. The number of hydrogen-bond acceptors (Lipinski definition) is 5. The van der Waals surface area contributed by atoms with Crippen LogP contribution < -0.4 is 5.32 Å². The van der Waals surface area contributed by atoms with Gasteiger partial charge in [0.1, 0.15) is 5.76 Å². The molecule has 4 rings (SSSR count). The second-order valence-corrected chi connectivity index (χ2v) is 8.44. The molecule has 2 amide bonds. The summed E-state index contributed by atoms with van der Waals surface area (Å²) >= 11 is 3.45. The Morgan fingerprint density at radius 3 is 2.43 bits per heavy atom. The average Bonchev–Trinajstić information content (AvgIpc) is 3.39. The summed E-state index contributed by atoms with van der Waals surface area (Å²) in [6.07, 6.45) is 1.82. The molecule has 0 bridgehead atoms. The van der Waals surface area contributed by atoms with E-state index in [0.717, 1.165) is 22.9 Å². The Balaban J connectivity index is 1.29. The van der Waals surface area contributed by atoms with E-state index in [1.807, 2.05) is 29.2 Å². The van der Waals surface area contributed by atoms with Gasteiger partial charge in [-0.3, -0.25) is 14.5 Å². The van der Waals surface area contributed by atoms with Crippen LogP contribution in [0.25, 0.3) is 0 Å². The van der Waals surface area contributed by atoms with E-state index in [1.165, 1.54) is 0 Å². The Kier molecular flexibility index (Phi) is 5.25. The predicted octanol–water partition coefficient (Wildman–Crippen LogP) is 2.56. The number of piperazine rings is 1. The zero-order valence-electron chi connectivity index (χ0n) is 15.8. The van der Waals surface area contributed by atoms with E-state index in [9.17, 15) is 9.59 Å². The number of rotatable bonds is 5. The van der Waals surface area contributed by atoms with Gasteiger partial charge in [0.15, 0.2) is 5.82 Å². The van der Waals surface area contributed by atoms with Crippen molar-refractivity contribution in [2.24, 2.45) is 0 Å². The third-order valence-electron chi connectivity index (χ3n) is 5.48. The molecule has 2 fully saturated rings. The highest BCUT2D eigenvalue weighted by molar-refractivity contribution is 9.10. The van der Waals surface area contributed by atoms with Gasteiger partial charge in [0.05, 0.1) is 12.0 Å². The number of carbonyl (C=O) groups is 2. The smallest absolute Gasteiger partial charge is 0.239 e. The minimum absolute atomic E-state index is 0.124. The van der Waals surface area contributed by atoms with Crippen LogP contribution in [0.3, 0.4) is 0 Å². The molecule has 2 aromatic rings. The van der Waals surface area contributed by atoms with E-state index in [1.54, 1.807) is 13.0 Å². The molecule has 0 spiro atoms. The normalized spacial score (nSPS) is 18.7. The third-order valence-corrected chi connectivity index (χ3v) is 6.01. The predicted molar refractivity (Wildman–Crippen MR) is 108 cm³/mol. The summed E-state index contributed by atoms with van der Waals surface area (Å²) in [5.74, 6) is 1.18. The fourth-order valence-corrected chi connectivity index (χ4v) is 4.01. The number of hydrogen-bond donors (Lipinski definition) is 1. The molecule has 2 heterocycles. The summed E-state index contributed by atoms with van der Waals surface area (Å²) in [7, 11) is 0.